The van der Waals surface area contributed by atoms with Crippen molar-refractivity contribution >= 4 is 17.5 Å². The van der Waals surface area contributed by atoms with Crippen LogP contribution in [-0.4, -0.2) is 12.5 Å². The van der Waals surface area contributed by atoms with Crippen LogP contribution < -0.4 is 5.32 Å². The average molecular weight is 222 g/mol. The summed E-state index contributed by atoms with van der Waals surface area (Å²) >= 11 is 5.81. The Morgan fingerprint density at radius 3 is 2.87 bits per heavy atom. The van der Waals surface area contributed by atoms with Crippen LogP contribution in [0.2, 0.25) is 5.02 Å². The van der Waals surface area contributed by atoms with E-state index in [0.717, 1.165) is 11.1 Å². The van der Waals surface area contributed by atoms with Gasteiger partial charge in [0.2, 0.25) is 5.91 Å². The minimum absolute atomic E-state index is 0.0721. The summed E-state index contributed by atoms with van der Waals surface area (Å²) in [6, 6.07) is 5.54. The smallest absolute Gasteiger partial charge is 0.217 e. The minimum atomic E-state index is -0.0721. The molecule has 0 radical (unpaired) electrons. The first-order chi connectivity index (χ1) is 7.09. The summed E-state index contributed by atoms with van der Waals surface area (Å²) in [6.07, 6.45) is 0. The van der Waals surface area contributed by atoms with Crippen LogP contribution in [0.25, 0.3) is 0 Å². The molecule has 0 spiro atoms. The van der Waals surface area contributed by atoms with Crippen molar-refractivity contribution in [3.63, 3.8) is 0 Å². The van der Waals surface area contributed by atoms with Crippen molar-refractivity contribution < 1.29 is 4.79 Å². The van der Waals surface area contributed by atoms with E-state index in [2.05, 4.69) is 17.2 Å². The number of hydrogen-bond donors (Lipinski definition) is 1. The molecule has 1 N–H and O–H groups in total. The average Bonchev–Trinajstić information content (AvgIpc) is 2.14. The molecule has 0 saturated heterocycles. The Bertz CT molecular complexity index is 429. The molecule has 0 aliphatic heterocycles. The number of benzene rings is 1. The van der Waals surface area contributed by atoms with E-state index in [9.17, 15) is 4.79 Å². The van der Waals surface area contributed by atoms with Crippen molar-refractivity contribution in [3.05, 3.63) is 34.3 Å². The highest BCUT2D eigenvalue weighted by atomic mass is 35.5. The van der Waals surface area contributed by atoms with Crippen molar-refractivity contribution in [3.8, 4) is 11.8 Å². The highest BCUT2D eigenvalue weighted by Crippen LogP contribution is 2.13. The molecule has 15 heavy (non-hydrogen) atoms. The largest absolute Gasteiger partial charge is 0.345 e. The topological polar surface area (TPSA) is 29.1 Å². The maximum Gasteiger partial charge on any atom is 0.217 e. The van der Waals surface area contributed by atoms with Crippen molar-refractivity contribution in [1.29, 1.82) is 0 Å². The predicted molar refractivity (Wildman–Crippen MR) is 61.8 cm³/mol. The minimum Gasteiger partial charge on any atom is -0.345 e. The fourth-order valence-corrected chi connectivity index (χ4v) is 1.30. The Kier molecular flexibility index (Phi) is 4.20. The van der Waals surface area contributed by atoms with E-state index in [1.165, 1.54) is 6.92 Å². The van der Waals surface area contributed by atoms with Gasteiger partial charge in [-0.05, 0) is 30.7 Å². The first kappa shape index (κ1) is 11.6. The molecule has 1 aromatic rings. The zero-order valence-electron chi connectivity index (χ0n) is 8.73. The Labute approximate surface area is 94.6 Å². The summed E-state index contributed by atoms with van der Waals surface area (Å²) in [5.74, 6) is 5.77. The number of amides is 1. The van der Waals surface area contributed by atoms with E-state index < -0.39 is 0 Å². The van der Waals surface area contributed by atoms with Gasteiger partial charge in [0.05, 0.1) is 6.54 Å². The van der Waals surface area contributed by atoms with Gasteiger partial charge >= 0.3 is 0 Å². The predicted octanol–water partition coefficient (Wildman–Crippen LogP) is 2.14. The number of hydrogen-bond acceptors (Lipinski definition) is 1. The summed E-state index contributed by atoms with van der Waals surface area (Å²) in [5, 5.41) is 3.32. The Balaban J connectivity index is 2.67. The van der Waals surface area contributed by atoms with Crippen LogP contribution in [0.3, 0.4) is 0 Å². The van der Waals surface area contributed by atoms with Crippen LogP contribution in [0, 0.1) is 18.8 Å². The fourth-order valence-electron chi connectivity index (χ4n) is 1.08. The van der Waals surface area contributed by atoms with Gasteiger partial charge < -0.3 is 5.32 Å². The van der Waals surface area contributed by atoms with Gasteiger partial charge in [-0.15, -0.1) is 0 Å². The van der Waals surface area contributed by atoms with Gasteiger partial charge in [-0.1, -0.05) is 23.4 Å². The molecule has 1 aromatic carbocycles. The molecule has 0 atom stereocenters. The van der Waals surface area contributed by atoms with Crippen LogP contribution >= 0.6 is 11.6 Å². The standard InChI is InChI=1S/C12H12ClNO/c1-9-8-12(13)6-5-11(9)4-3-7-14-10(2)15/h5-6,8H,7H2,1-2H3,(H,14,15). The van der Waals surface area contributed by atoms with Crippen molar-refractivity contribution in [1.82, 2.24) is 5.32 Å². The Morgan fingerprint density at radius 1 is 1.53 bits per heavy atom. The van der Waals surface area contributed by atoms with Gasteiger partial charge in [0.25, 0.3) is 0 Å². The SMILES string of the molecule is CC(=O)NCC#Cc1ccc(Cl)cc1C. The molecule has 1 rings (SSSR count). The van der Waals surface area contributed by atoms with Gasteiger partial charge in [-0.25, -0.2) is 0 Å². The second-order valence-electron chi connectivity index (χ2n) is 3.17. The molecule has 0 unspecified atom stereocenters. The molecule has 2 nitrogen and oxygen atoms in total. The number of aryl methyl sites for hydroxylation is 1. The van der Waals surface area contributed by atoms with Crippen LogP contribution in [-0.2, 0) is 4.79 Å². The van der Waals surface area contributed by atoms with Crippen LogP contribution in [0.1, 0.15) is 18.1 Å². The van der Waals surface area contributed by atoms with E-state index >= 15 is 0 Å². The van der Waals surface area contributed by atoms with Gasteiger partial charge in [0.1, 0.15) is 0 Å². The number of nitrogens with one attached hydrogen (secondary N) is 1. The quantitative estimate of drug-likeness (QED) is 0.724. The lowest BCUT2D eigenvalue weighted by atomic mass is 10.1. The molecule has 0 aliphatic carbocycles. The summed E-state index contributed by atoms with van der Waals surface area (Å²) < 4.78 is 0. The molecule has 0 aliphatic rings. The molecule has 3 heteroatoms. The molecular weight excluding hydrogens is 210 g/mol. The first-order valence-corrected chi connectivity index (χ1v) is 4.97. The van der Waals surface area contributed by atoms with Crippen LogP contribution in [0.4, 0.5) is 0 Å². The third kappa shape index (κ3) is 4.05. The zero-order valence-corrected chi connectivity index (χ0v) is 9.48. The number of carbonyl (C=O) groups is 1. The Morgan fingerprint density at radius 2 is 2.27 bits per heavy atom. The van der Waals surface area contributed by atoms with Gasteiger partial charge in [0.15, 0.2) is 0 Å². The summed E-state index contributed by atoms with van der Waals surface area (Å²) in [4.78, 5) is 10.6. The van der Waals surface area contributed by atoms with E-state index in [4.69, 9.17) is 11.6 Å². The van der Waals surface area contributed by atoms with Gasteiger partial charge in [-0.3, -0.25) is 4.79 Å². The van der Waals surface area contributed by atoms with Crippen molar-refractivity contribution in [2.45, 2.75) is 13.8 Å². The lowest BCUT2D eigenvalue weighted by molar-refractivity contribution is -0.118. The maximum absolute atomic E-state index is 10.6. The molecule has 0 aromatic heterocycles. The van der Waals surface area contributed by atoms with E-state index in [1.807, 2.05) is 19.1 Å². The molecule has 1 amide bonds. The summed E-state index contributed by atoms with van der Waals surface area (Å²) in [5.41, 5.74) is 1.97. The van der Waals surface area contributed by atoms with E-state index in [-0.39, 0.29) is 5.91 Å². The molecule has 78 valence electrons. The lowest BCUT2D eigenvalue weighted by Crippen LogP contribution is -2.19. The first-order valence-electron chi connectivity index (χ1n) is 4.59. The van der Waals surface area contributed by atoms with Gasteiger partial charge in [-0.2, -0.15) is 0 Å². The molecular formula is C12H12ClNO. The molecule has 0 bridgehead atoms. The number of carbonyl (C=O) groups excluding carboxylic acids is 1. The Hall–Kier alpha value is -1.46. The normalized spacial score (nSPS) is 9.00. The molecule has 0 saturated carbocycles. The maximum atomic E-state index is 10.6. The third-order valence-corrected chi connectivity index (χ3v) is 2.07. The fraction of sp³-hybridized carbons (Fsp3) is 0.250. The number of rotatable bonds is 1. The highest BCUT2D eigenvalue weighted by molar-refractivity contribution is 6.30. The molecule has 0 fully saturated rings. The lowest BCUT2D eigenvalue weighted by Gasteiger charge is -1.97. The summed E-state index contributed by atoms with van der Waals surface area (Å²) in [6.45, 7) is 3.79. The van der Waals surface area contributed by atoms with Gasteiger partial charge in [0, 0.05) is 17.5 Å². The monoisotopic (exact) mass is 221 g/mol. The highest BCUT2D eigenvalue weighted by Gasteiger charge is 1.94. The third-order valence-electron chi connectivity index (χ3n) is 1.84. The van der Waals surface area contributed by atoms with E-state index in [1.54, 1.807) is 6.07 Å². The second-order valence-corrected chi connectivity index (χ2v) is 3.61. The van der Waals surface area contributed by atoms with Crippen LogP contribution in [0.5, 0.6) is 0 Å². The van der Waals surface area contributed by atoms with E-state index in [0.29, 0.717) is 11.6 Å². The summed E-state index contributed by atoms with van der Waals surface area (Å²) in [7, 11) is 0. The zero-order chi connectivity index (χ0) is 11.3. The number of halogens is 1. The van der Waals surface area contributed by atoms with Crippen molar-refractivity contribution in [2.75, 3.05) is 6.54 Å². The molecule has 0 heterocycles. The second kappa shape index (κ2) is 5.43. The van der Waals surface area contributed by atoms with Crippen LogP contribution in [0.15, 0.2) is 18.2 Å². The van der Waals surface area contributed by atoms with Crippen molar-refractivity contribution in [2.24, 2.45) is 0 Å².